The molecule has 0 aromatic rings. The molecule has 0 spiro atoms. The summed E-state index contributed by atoms with van der Waals surface area (Å²) in [5.41, 5.74) is 2.71. The third-order valence-corrected chi connectivity index (χ3v) is 2.83. The molecule has 2 aliphatic rings. The third kappa shape index (κ3) is 0.536. The molecule has 0 amide bonds. The second-order valence-electron chi connectivity index (χ2n) is 3.26. The first-order chi connectivity index (χ1) is 4.29. The lowest BCUT2D eigenvalue weighted by Crippen LogP contribution is -1.99. The Morgan fingerprint density at radius 3 is 1.67 bits per heavy atom. The fourth-order valence-electron chi connectivity index (χ4n) is 2.14. The van der Waals surface area contributed by atoms with Gasteiger partial charge in [-0.15, -0.1) is 0 Å². The maximum Gasteiger partial charge on any atom is -0.0159 e. The molecule has 0 aromatic heterocycles. The maximum absolute atomic E-state index is 4.02. The van der Waals surface area contributed by atoms with Crippen molar-refractivity contribution in [3.63, 3.8) is 0 Å². The lowest BCUT2D eigenvalue weighted by Gasteiger charge is -2.13. The zero-order valence-electron chi connectivity index (χ0n) is 5.69. The zero-order chi connectivity index (χ0) is 6.43. The van der Waals surface area contributed by atoms with Crippen molar-refractivity contribution in [3.8, 4) is 0 Å². The minimum atomic E-state index is 0.822. The first kappa shape index (κ1) is 5.28. The summed E-state index contributed by atoms with van der Waals surface area (Å²) in [6, 6.07) is 0. The molecule has 0 nitrogen and oxygen atoms in total. The quantitative estimate of drug-likeness (QED) is 0.461. The van der Waals surface area contributed by atoms with E-state index in [-0.39, 0.29) is 0 Å². The van der Waals surface area contributed by atoms with Crippen molar-refractivity contribution in [2.45, 2.75) is 19.3 Å². The summed E-state index contributed by atoms with van der Waals surface area (Å²) >= 11 is 0. The third-order valence-electron chi connectivity index (χ3n) is 2.83. The van der Waals surface area contributed by atoms with E-state index in [2.05, 4.69) is 13.2 Å². The van der Waals surface area contributed by atoms with Crippen LogP contribution in [0.25, 0.3) is 0 Å². The summed E-state index contributed by atoms with van der Waals surface area (Å²) in [6.07, 6.45) is 4.11. The van der Waals surface area contributed by atoms with Crippen molar-refractivity contribution in [1.29, 1.82) is 0 Å². The van der Waals surface area contributed by atoms with E-state index in [9.17, 15) is 0 Å². The van der Waals surface area contributed by atoms with Crippen molar-refractivity contribution < 1.29 is 0 Å². The number of fused-ring (bicyclic) bond motifs is 2. The van der Waals surface area contributed by atoms with Crippen LogP contribution in [0.1, 0.15) is 19.3 Å². The SMILES string of the molecule is C=C1C(=C)C2CCC1C2. The highest BCUT2D eigenvalue weighted by Gasteiger charge is 2.36. The molecule has 0 heterocycles. The van der Waals surface area contributed by atoms with Crippen LogP contribution in [0.2, 0.25) is 0 Å². The van der Waals surface area contributed by atoms with Crippen molar-refractivity contribution >= 4 is 0 Å². The average molecular weight is 120 g/mol. The summed E-state index contributed by atoms with van der Waals surface area (Å²) in [6.45, 7) is 8.04. The fraction of sp³-hybridized carbons (Fsp3) is 0.556. The molecule has 0 N–H and O–H groups in total. The monoisotopic (exact) mass is 120 g/mol. The molecule has 0 saturated heterocycles. The Hall–Kier alpha value is -0.520. The number of rotatable bonds is 0. The van der Waals surface area contributed by atoms with Gasteiger partial charge >= 0.3 is 0 Å². The molecule has 2 atom stereocenters. The van der Waals surface area contributed by atoms with E-state index in [1.807, 2.05) is 0 Å². The smallest absolute Gasteiger partial charge is 0.0159 e. The van der Waals surface area contributed by atoms with Gasteiger partial charge in [-0.05, 0) is 42.2 Å². The number of hydrogen-bond acceptors (Lipinski definition) is 0. The van der Waals surface area contributed by atoms with E-state index in [1.165, 1.54) is 30.4 Å². The second kappa shape index (κ2) is 1.50. The first-order valence-corrected chi connectivity index (χ1v) is 3.67. The van der Waals surface area contributed by atoms with Gasteiger partial charge in [-0.3, -0.25) is 0 Å². The Morgan fingerprint density at radius 1 is 1.00 bits per heavy atom. The molecule has 9 heavy (non-hydrogen) atoms. The van der Waals surface area contributed by atoms with Gasteiger partial charge in [0.1, 0.15) is 0 Å². The second-order valence-corrected chi connectivity index (χ2v) is 3.26. The van der Waals surface area contributed by atoms with Gasteiger partial charge in [0.25, 0.3) is 0 Å². The molecule has 2 bridgehead atoms. The van der Waals surface area contributed by atoms with Gasteiger partial charge in [0, 0.05) is 0 Å². The summed E-state index contributed by atoms with van der Waals surface area (Å²) in [5, 5.41) is 0. The first-order valence-electron chi connectivity index (χ1n) is 3.67. The molecule has 2 saturated carbocycles. The average Bonchev–Trinajstić information content (AvgIpc) is 2.37. The minimum absolute atomic E-state index is 0.822. The van der Waals surface area contributed by atoms with Gasteiger partial charge in [-0.2, -0.15) is 0 Å². The molecule has 2 unspecified atom stereocenters. The Morgan fingerprint density at radius 2 is 1.44 bits per heavy atom. The topological polar surface area (TPSA) is 0 Å². The molecule has 2 fully saturated rings. The van der Waals surface area contributed by atoms with Crippen LogP contribution in [0.5, 0.6) is 0 Å². The summed E-state index contributed by atoms with van der Waals surface area (Å²) < 4.78 is 0. The predicted molar refractivity (Wildman–Crippen MR) is 39.1 cm³/mol. The van der Waals surface area contributed by atoms with Crippen LogP contribution in [0, 0.1) is 11.8 Å². The summed E-state index contributed by atoms with van der Waals surface area (Å²) in [4.78, 5) is 0. The summed E-state index contributed by atoms with van der Waals surface area (Å²) in [5.74, 6) is 1.64. The Bertz CT molecular complexity index is 156. The molecule has 48 valence electrons. The highest BCUT2D eigenvalue weighted by molar-refractivity contribution is 5.37. The standard InChI is InChI=1S/C9H12/c1-6-7(2)9-4-3-8(6)5-9/h8-9H,1-5H2. The van der Waals surface area contributed by atoms with Gasteiger partial charge in [0.05, 0.1) is 0 Å². The van der Waals surface area contributed by atoms with Crippen molar-refractivity contribution in [2.75, 3.05) is 0 Å². The van der Waals surface area contributed by atoms with E-state index in [4.69, 9.17) is 0 Å². The molecule has 2 rings (SSSR count). The van der Waals surface area contributed by atoms with Crippen molar-refractivity contribution in [2.24, 2.45) is 11.8 Å². The molecule has 0 aromatic carbocycles. The molecule has 0 radical (unpaired) electrons. The Balaban J connectivity index is 2.35. The van der Waals surface area contributed by atoms with Gasteiger partial charge in [0.15, 0.2) is 0 Å². The molecule has 2 aliphatic carbocycles. The normalized spacial score (nSPS) is 40.4. The van der Waals surface area contributed by atoms with Crippen LogP contribution in [-0.2, 0) is 0 Å². The van der Waals surface area contributed by atoms with Crippen LogP contribution < -0.4 is 0 Å². The van der Waals surface area contributed by atoms with Crippen LogP contribution in [0.4, 0.5) is 0 Å². The highest BCUT2D eigenvalue weighted by Crippen LogP contribution is 2.49. The summed E-state index contributed by atoms with van der Waals surface area (Å²) in [7, 11) is 0. The van der Waals surface area contributed by atoms with Gasteiger partial charge in [-0.1, -0.05) is 13.2 Å². The van der Waals surface area contributed by atoms with Crippen molar-refractivity contribution in [1.82, 2.24) is 0 Å². The van der Waals surface area contributed by atoms with E-state index >= 15 is 0 Å². The van der Waals surface area contributed by atoms with Crippen LogP contribution >= 0.6 is 0 Å². The minimum Gasteiger partial charge on any atom is -0.0953 e. The highest BCUT2D eigenvalue weighted by atomic mass is 14.4. The van der Waals surface area contributed by atoms with Crippen molar-refractivity contribution in [3.05, 3.63) is 24.3 Å². The number of allylic oxidation sites excluding steroid dienone is 2. The van der Waals surface area contributed by atoms with Crippen LogP contribution in [-0.4, -0.2) is 0 Å². The zero-order valence-corrected chi connectivity index (χ0v) is 5.69. The molecule has 0 aliphatic heterocycles. The lowest BCUT2D eigenvalue weighted by atomic mass is 9.92. The van der Waals surface area contributed by atoms with Crippen LogP contribution in [0.3, 0.4) is 0 Å². The van der Waals surface area contributed by atoms with Crippen LogP contribution in [0.15, 0.2) is 24.3 Å². The van der Waals surface area contributed by atoms with E-state index in [0.29, 0.717) is 0 Å². The van der Waals surface area contributed by atoms with E-state index < -0.39 is 0 Å². The number of hydrogen-bond donors (Lipinski definition) is 0. The Labute approximate surface area is 56.3 Å². The van der Waals surface area contributed by atoms with E-state index in [0.717, 1.165) is 11.8 Å². The lowest BCUT2D eigenvalue weighted by molar-refractivity contribution is 0.658. The van der Waals surface area contributed by atoms with Gasteiger partial charge in [-0.25, -0.2) is 0 Å². The molecule has 0 heteroatoms. The molecular weight excluding hydrogens is 108 g/mol. The van der Waals surface area contributed by atoms with Gasteiger partial charge in [0.2, 0.25) is 0 Å². The Kier molecular flexibility index (Phi) is 0.879. The van der Waals surface area contributed by atoms with E-state index in [1.54, 1.807) is 0 Å². The fourth-order valence-corrected chi connectivity index (χ4v) is 2.14. The molecular formula is C9H12. The maximum atomic E-state index is 4.02. The predicted octanol–water partition coefficient (Wildman–Crippen LogP) is 2.53. The largest absolute Gasteiger partial charge is 0.0953 e. The van der Waals surface area contributed by atoms with Gasteiger partial charge < -0.3 is 0 Å².